The van der Waals surface area contributed by atoms with Crippen LogP contribution in [0.25, 0.3) is 0 Å². The molecule has 1 aromatic rings. The van der Waals surface area contributed by atoms with Crippen molar-refractivity contribution >= 4 is 27.7 Å². The van der Waals surface area contributed by atoms with Gasteiger partial charge in [0.05, 0.1) is 12.1 Å². The number of hydrogen-bond donors (Lipinski definition) is 1. The number of hydrogen-bond acceptors (Lipinski definition) is 2. The van der Waals surface area contributed by atoms with Gasteiger partial charge in [0.25, 0.3) is 5.91 Å². The van der Waals surface area contributed by atoms with Crippen molar-refractivity contribution in [3.63, 3.8) is 0 Å². The Balaban J connectivity index is 2.63. The van der Waals surface area contributed by atoms with Crippen LogP contribution >= 0.6 is 15.9 Å². The lowest BCUT2D eigenvalue weighted by molar-refractivity contribution is -0.128. The van der Waals surface area contributed by atoms with Gasteiger partial charge in [0.2, 0.25) is 5.91 Å². The molecule has 0 bridgehead atoms. The highest BCUT2D eigenvalue weighted by Crippen LogP contribution is 2.18. The number of benzene rings is 1. The maximum absolute atomic E-state index is 11.9. The van der Waals surface area contributed by atoms with Crippen LogP contribution in [0.2, 0.25) is 0 Å². The highest BCUT2D eigenvalue weighted by molar-refractivity contribution is 9.10. The molecule has 98 valence electrons. The number of carbonyl (C=O) groups is 2. The second-order valence-corrected chi connectivity index (χ2v) is 4.93. The fraction of sp³-hybridized carbons (Fsp3) is 0.385. The lowest BCUT2D eigenvalue weighted by atomic mass is 10.1. The normalized spacial score (nSPS) is 10.0. The van der Waals surface area contributed by atoms with Gasteiger partial charge < -0.3 is 10.2 Å². The Kier molecular flexibility index (Phi) is 5.34. The van der Waals surface area contributed by atoms with E-state index in [9.17, 15) is 9.59 Å². The largest absolute Gasteiger partial charge is 0.345 e. The van der Waals surface area contributed by atoms with E-state index in [1.807, 2.05) is 26.0 Å². The van der Waals surface area contributed by atoms with Gasteiger partial charge in [-0.2, -0.15) is 0 Å². The molecule has 1 aromatic carbocycles. The molecule has 0 aromatic heterocycles. The number of aryl methyl sites for hydroxylation is 1. The number of nitrogens with one attached hydrogen (secondary N) is 1. The molecule has 1 N–H and O–H groups in total. The Morgan fingerprint density at radius 1 is 1.39 bits per heavy atom. The van der Waals surface area contributed by atoms with Crippen LogP contribution in [0.3, 0.4) is 0 Å². The number of carbonyl (C=O) groups excluding carboxylic acids is 2. The quantitative estimate of drug-likeness (QED) is 0.924. The Morgan fingerprint density at radius 2 is 2.06 bits per heavy atom. The second-order valence-electron chi connectivity index (χ2n) is 4.07. The summed E-state index contributed by atoms with van der Waals surface area (Å²) in [6.45, 7) is 4.48. The van der Waals surface area contributed by atoms with Crippen molar-refractivity contribution in [2.75, 3.05) is 20.1 Å². The van der Waals surface area contributed by atoms with Gasteiger partial charge in [-0.15, -0.1) is 0 Å². The van der Waals surface area contributed by atoms with Crippen LogP contribution in [0.1, 0.15) is 22.8 Å². The zero-order valence-corrected chi connectivity index (χ0v) is 12.4. The summed E-state index contributed by atoms with van der Waals surface area (Å²) in [5.74, 6) is -0.353. The Bertz CT molecular complexity index is 460. The summed E-state index contributed by atoms with van der Waals surface area (Å²) in [7, 11) is 1.70. The fourth-order valence-corrected chi connectivity index (χ4v) is 2.04. The summed E-state index contributed by atoms with van der Waals surface area (Å²) < 4.78 is 0.733. The zero-order chi connectivity index (χ0) is 13.7. The van der Waals surface area contributed by atoms with Crippen molar-refractivity contribution < 1.29 is 9.59 Å². The van der Waals surface area contributed by atoms with Crippen LogP contribution in [0.5, 0.6) is 0 Å². The van der Waals surface area contributed by atoms with E-state index in [2.05, 4.69) is 21.2 Å². The Labute approximate surface area is 115 Å². The Morgan fingerprint density at radius 3 is 2.61 bits per heavy atom. The molecule has 5 heteroatoms. The van der Waals surface area contributed by atoms with E-state index in [1.165, 1.54) is 0 Å². The van der Waals surface area contributed by atoms with E-state index in [0.29, 0.717) is 12.1 Å². The lowest BCUT2D eigenvalue weighted by Gasteiger charge is -2.15. The molecule has 0 radical (unpaired) electrons. The van der Waals surface area contributed by atoms with Gasteiger partial charge in [0.15, 0.2) is 0 Å². The molecule has 2 amide bonds. The first-order chi connectivity index (χ1) is 8.45. The van der Waals surface area contributed by atoms with E-state index in [4.69, 9.17) is 0 Å². The van der Waals surface area contributed by atoms with Crippen molar-refractivity contribution in [1.29, 1.82) is 0 Å². The number of amides is 2. The maximum Gasteiger partial charge on any atom is 0.252 e. The van der Waals surface area contributed by atoms with Gasteiger partial charge >= 0.3 is 0 Å². The molecule has 0 aliphatic heterocycles. The minimum Gasteiger partial charge on any atom is -0.345 e. The third kappa shape index (κ3) is 3.84. The topological polar surface area (TPSA) is 49.4 Å². The highest BCUT2D eigenvalue weighted by atomic mass is 79.9. The van der Waals surface area contributed by atoms with Gasteiger partial charge in [0.1, 0.15) is 0 Å². The minimum atomic E-state index is -0.250. The van der Waals surface area contributed by atoms with E-state index in [-0.39, 0.29) is 18.4 Å². The molecule has 0 saturated heterocycles. The summed E-state index contributed by atoms with van der Waals surface area (Å²) in [5.41, 5.74) is 1.60. The highest BCUT2D eigenvalue weighted by Gasteiger charge is 2.12. The molecule has 0 aliphatic rings. The standard InChI is InChI=1S/C13H17BrN2O2/c1-4-16(3)12(17)8-15-13(18)10-6-5-9(2)7-11(10)14/h5-7H,4,8H2,1-3H3,(H,15,18). The van der Waals surface area contributed by atoms with E-state index >= 15 is 0 Å². The average Bonchev–Trinajstić information content (AvgIpc) is 2.34. The van der Waals surface area contributed by atoms with Crippen LogP contribution in [0.15, 0.2) is 22.7 Å². The van der Waals surface area contributed by atoms with Crippen molar-refractivity contribution in [1.82, 2.24) is 10.2 Å². The summed E-state index contributed by atoms with van der Waals surface area (Å²) in [5, 5.41) is 2.61. The molecule has 1 rings (SSSR count). The summed E-state index contributed by atoms with van der Waals surface area (Å²) >= 11 is 3.34. The summed E-state index contributed by atoms with van der Waals surface area (Å²) in [4.78, 5) is 25.0. The first kappa shape index (κ1) is 14.7. The molecule has 4 nitrogen and oxygen atoms in total. The van der Waals surface area contributed by atoms with Gasteiger partial charge in [-0.05, 0) is 47.5 Å². The first-order valence-electron chi connectivity index (χ1n) is 5.74. The van der Waals surface area contributed by atoms with Gasteiger partial charge in [-0.1, -0.05) is 6.07 Å². The summed E-state index contributed by atoms with van der Waals surface area (Å²) in [6, 6.07) is 5.47. The SMILES string of the molecule is CCN(C)C(=O)CNC(=O)c1ccc(C)cc1Br. The molecule has 18 heavy (non-hydrogen) atoms. The third-order valence-electron chi connectivity index (χ3n) is 2.67. The lowest BCUT2D eigenvalue weighted by Crippen LogP contribution is -2.38. The first-order valence-corrected chi connectivity index (χ1v) is 6.53. The molecule has 0 heterocycles. The zero-order valence-electron chi connectivity index (χ0n) is 10.8. The summed E-state index contributed by atoms with van der Waals surface area (Å²) in [6.07, 6.45) is 0. The predicted octanol–water partition coefficient (Wildman–Crippen LogP) is 1.97. The third-order valence-corrected chi connectivity index (χ3v) is 3.33. The smallest absolute Gasteiger partial charge is 0.252 e. The van der Waals surface area contributed by atoms with Crippen molar-refractivity contribution in [2.45, 2.75) is 13.8 Å². The predicted molar refractivity (Wildman–Crippen MR) is 74.5 cm³/mol. The van der Waals surface area contributed by atoms with Crippen LogP contribution in [-0.4, -0.2) is 36.9 Å². The maximum atomic E-state index is 11.9. The average molecular weight is 313 g/mol. The molecule has 0 unspecified atom stereocenters. The van der Waals surface area contributed by atoms with Crippen LogP contribution < -0.4 is 5.32 Å². The van der Waals surface area contributed by atoms with Crippen molar-refractivity contribution in [3.05, 3.63) is 33.8 Å². The molecule has 0 spiro atoms. The van der Waals surface area contributed by atoms with Gasteiger partial charge in [-0.3, -0.25) is 9.59 Å². The monoisotopic (exact) mass is 312 g/mol. The molecule has 0 saturated carbocycles. The van der Waals surface area contributed by atoms with Crippen LogP contribution in [-0.2, 0) is 4.79 Å². The van der Waals surface area contributed by atoms with E-state index < -0.39 is 0 Å². The van der Waals surface area contributed by atoms with Gasteiger partial charge in [-0.25, -0.2) is 0 Å². The van der Waals surface area contributed by atoms with Crippen LogP contribution in [0, 0.1) is 6.92 Å². The second kappa shape index (κ2) is 6.54. The van der Waals surface area contributed by atoms with Gasteiger partial charge in [0, 0.05) is 18.1 Å². The Hall–Kier alpha value is -1.36. The molecule has 0 atom stereocenters. The number of nitrogens with zero attached hydrogens (tertiary/aromatic N) is 1. The van der Waals surface area contributed by atoms with E-state index in [0.717, 1.165) is 10.0 Å². The van der Waals surface area contributed by atoms with Crippen molar-refractivity contribution in [3.8, 4) is 0 Å². The van der Waals surface area contributed by atoms with Crippen molar-refractivity contribution in [2.24, 2.45) is 0 Å². The minimum absolute atomic E-state index is 0.0174. The number of rotatable bonds is 4. The molecule has 0 aliphatic carbocycles. The fourth-order valence-electron chi connectivity index (χ4n) is 1.37. The molecule has 0 fully saturated rings. The number of halogens is 1. The van der Waals surface area contributed by atoms with E-state index in [1.54, 1.807) is 18.0 Å². The van der Waals surface area contributed by atoms with Crippen LogP contribution in [0.4, 0.5) is 0 Å². The number of likely N-dealkylation sites (N-methyl/N-ethyl adjacent to an activating group) is 1. The molecular weight excluding hydrogens is 296 g/mol. The molecular formula is C13H17BrN2O2.